The number of alkyl halides is 3. The number of nitrogens with one attached hydrogen (secondary N) is 1. The Morgan fingerprint density at radius 3 is 2.55 bits per heavy atom. The van der Waals surface area contributed by atoms with Crippen molar-refractivity contribution in [2.24, 2.45) is 0 Å². The minimum absolute atomic E-state index is 0.0177. The van der Waals surface area contributed by atoms with Crippen LogP contribution in [0.5, 0.6) is 11.6 Å². The summed E-state index contributed by atoms with van der Waals surface area (Å²) in [6.45, 7) is 0.934. The SMILES string of the molecule is CN(C)C(=O)/C=C/CNCCOc1cc(F)c(C2=C(c3ccc(F)cc3C(F)(F)F)CCCc3cc(O)ccc32)cn1. The number of aromatic hydroxyl groups is 1. The van der Waals surface area contributed by atoms with E-state index in [1.165, 1.54) is 35.4 Å². The number of carbonyl (C=O) groups is 1. The van der Waals surface area contributed by atoms with E-state index in [-0.39, 0.29) is 52.8 Å². The molecule has 1 aliphatic rings. The standard InChI is InChI=1S/C31H30F5N3O3/c1-39(2)29(41)7-4-12-37-13-14-42-28-17-27(33)25(18-38-28)30-22-11-9-21(40)15-19(22)5-3-6-24(30)23-10-8-20(32)16-26(23)31(34,35)36/h4,7-11,15-18,37,40H,3,5-6,12-14H2,1-2H3/b7-4+. The number of benzene rings is 2. The van der Waals surface area contributed by atoms with Gasteiger partial charge in [0.2, 0.25) is 11.8 Å². The zero-order valence-electron chi connectivity index (χ0n) is 23.1. The van der Waals surface area contributed by atoms with E-state index in [2.05, 4.69) is 10.3 Å². The summed E-state index contributed by atoms with van der Waals surface area (Å²) in [5.74, 6) is -1.98. The molecule has 0 unspecified atom stereocenters. The number of hydrogen-bond donors (Lipinski definition) is 2. The summed E-state index contributed by atoms with van der Waals surface area (Å²) >= 11 is 0. The highest BCUT2D eigenvalue weighted by molar-refractivity contribution is 6.00. The molecule has 0 radical (unpaired) electrons. The number of aromatic nitrogens is 1. The molecule has 0 bridgehead atoms. The van der Waals surface area contributed by atoms with E-state index in [0.29, 0.717) is 43.1 Å². The zero-order valence-corrected chi connectivity index (χ0v) is 23.1. The van der Waals surface area contributed by atoms with E-state index in [4.69, 9.17) is 4.74 Å². The molecule has 6 nitrogen and oxygen atoms in total. The van der Waals surface area contributed by atoms with E-state index in [1.807, 2.05) is 0 Å². The highest BCUT2D eigenvalue weighted by Crippen LogP contribution is 2.45. The fourth-order valence-electron chi connectivity index (χ4n) is 4.76. The summed E-state index contributed by atoms with van der Waals surface area (Å²) in [5, 5.41) is 13.1. The number of fused-ring (bicyclic) bond motifs is 1. The average Bonchev–Trinajstić information content (AvgIpc) is 3.11. The Balaban J connectivity index is 1.66. The number of allylic oxidation sites excluding steroid dienone is 1. The topological polar surface area (TPSA) is 74.7 Å². The third-order valence-electron chi connectivity index (χ3n) is 6.73. The molecule has 0 saturated heterocycles. The normalized spacial score (nSPS) is 13.7. The summed E-state index contributed by atoms with van der Waals surface area (Å²) in [7, 11) is 3.29. The number of phenols is 1. The number of ether oxygens (including phenoxy) is 1. The number of pyridine rings is 1. The van der Waals surface area contributed by atoms with Gasteiger partial charge in [0, 0.05) is 51.1 Å². The first kappa shape index (κ1) is 30.7. The van der Waals surface area contributed by atoms with Gasteiger partial charge in [-0.25, -0.2) is 13.8 Å². The second kappa shape index (κ2) is 13.2. The van der Waals surface area contributed by atoms with Crippen molar-refractivity contribution in [3.05, 3.63) is 100 Å². The van der Waals surface area contributed by atoms with Crippen molar-refractivity contribution in [2.75, 3.05) is 33.8 Å². The number of likely N-dealkylation sites (N-methyl/N-ethyl adjacent to an activating group) is 1. The molecule has 222 valence electrons. The van der Waals surface area contributed by atoms with E-state index in [0.717, 1.165) is 18.2 Å². The van der Waals surface area contributed by atoms with Gasteiger partial charge in [-0.1, -0.05) is 18.2 Å². The minimum Gasteiger partial charge on any atom is -0.508 e. The highest BCUT2D eigenvalue weighted by Gasteiger charge is 2.36. The molecule has 42 heavy (non-hydrogen) atoms. The molecular formula is C31H30F5N3O3. The van der Waals surface area contributed by atoms with Crippen LogP contribution in [-0.4, -0.2) is 54.7 Å². The van der Waals surface area contributed by atoms with E-state index in [1.54, 1.807) is 20.2 Å². The first-order chi connectivity index (χ1) is 20.0. The second-order valence-electron chi connectivity index (χ2n) is 9.93. The van der Waals surface area contributed by atoms with Crippen LogP contribution in [0.4, 0.5) is 22.0 Å². The number of aryl methyl sites for hydroxylation is 1. The van der Waals surface area contributed by atoms with Gasteiger partial charge < -0.3 is 20.1 Å². The predicted octanol–water partition coefficient (Wildman–Crippen LogP) is 5.99. The lowest BCUT2D eigenvalue weighted by atomic mass is 9.86. The van der Waals surface area contributed by atoms with E-state index < -0.39 is 23.4 Å². The van der Waals surface area contributed by atoms with Gasteiger partial charge in [-0.05, 0) is 71.4 Å². The van der Waals surface area contributed by atoms with Crippen molar-refractivity contribution in [2.45, 2.75) is 25.4 Å². The molecule has 1 aliphatic carbocycles. The van der Waals surface area contributed by atoms with Crippen LogP contribution in [-0.2, 0) is 17.4 Å². The number of nitrogens with zero attached hydrogens (tertiary/aromatic N) is 2. The lowest BCUT2D eigenvalue weighted by Gasteiger charge is -2.20. The van der Waals surface area contributed by atoms with Crippen molar-refractivity contribution in [3.8, 4) is 11.6 Å². The molecule has 0 atom stereocenters. The van der Waals surface area contributed by atoms with Crippen LogP contribution in [0.1, 0.15) is 40.7 Å². The fourth-order valence-corrected chi connectivity index (χ4v) is 4.76. The molecule has 0 spiro atoms. The van der Waals surface area contributed by atoms with E-state index in [9.17, 15) is 27.5 Å². The lowest BCUT2D eigenvalue weighted by Crippen LogP contribution is -2.22. The van der Waals surface area contributed by atoms with Crippen LogP contribution >= 0.6 is 0 Å². The first-order valence-electron chi connectivity index (χ1n) is 13.3. The third kappa shape index (κ3) is 7.33. The lowest BCUT2D eigenvalue weighted by molar-refractivity contribution is -0.138. The second-order valence-corrected chi connectivity index (χ2v) is 9.93. The van der Waals surface area contributed by atoms with Crippen LogP contribution in [0.3, 0.4) is 0 Å². The van der Waals surface area contributed by atoms with Gasteiger partial charge in [0.15, 0.2) is 0 Å². The van der Waals surface area contributed by atoms with Gasteiger partial charge in [0.25, 0.3) is 0 Å². The van der Waals surface area contributed by atoms with Crippen LogP contribution < -0.4 is 10.1 Å². The number of carbonyl (C=O) groups excluding carboxylic acids is 1. The summed E-state index contributed by atoms with van der Waals surface area (Å²) in [6, 6.07) is 7.97. The Bertz CT molecular complexity index is 1520. The molecule has 0 saturated carbocycles. The maximum Gasteiger partial charge on any atom is 0.417 e. The smallest absolute Gasteiger partial charge is 0.417 e. The number of halogens is 5. The molecule has 0 fully saturated rings. The Hall–Kier alpha value is -4.25. The Labute approximate surface area is 240 Å². The number of rotatable bonds is 9. The summed E-state index contributed by atoms with van der Waals surface area (Å²) in [5.41, 5.74) is 0.0475. The van der Waals surface area contributed by atoms with Crippen LogP contribution in [0.25, 0.3) is 11.1 Å². The van der Waals surface area contributed by atoms with Gasteiger partial charge in [0.1, 0.15) is 24.0 Å². The van der Waals surface area contributed by atoms with Gasteiger partial charge in [-0.15, -0.1) is 0 Å². The van der Waals surface area contributed by atoms with Gasteiger partial charge in [-0.3, -0.25) is 4.79 Å². The number of phenolic OH excluding ortho intramolecular Hbond substituents is 1. The maximum absolute atomic E-state index is 15.7. The third-order valence-corrected chi connectivity index (χ3v) is 6.73. The predicted molar refractivity (Wildman–Crippen MR) is 149 cm³/mol. The molecular weight excluding hydrogens is 557 g/mol. The summed E-state index contributed by atoms with van der Waals surface area (Å²) < 4.78 is 77.3. The molecule has 2 N–H and O–H groups in total. The van der Waals surface area contributed by atoms with Crippen molar-refractivity contribution in [1.82, 2.24) is 15.2 Å². The van der Waals surface area contributed by atoms with Crippen LogP contribution in [0, 0.1) is 11.6 Å². The Morgan fingerprint density at radius 2 is 1.83 bits per heavy atom. The summed E-state index contributed by atoms with van der Waals surface area (Å²) in [4.78, 5) is 17.2. The zero-order chi connectivity index (χ0) is 30.4. The molecule has 1 heterocycles. The number of hydrogen-bond acceptors (Lipinski definition) is 5. The largest absolute Gasteiger partial charge is 0.508 e. The van der Waals surface area contributed by atoms with Crippen LogP contribution in [0.2, 0.25) is 0 Å². The monoisotopic (exact) mass is 587 g/mol. The highest BCUT2D eigenvalue weighted by atomic mass is 19.4. The van der Waals surface area contributed by atoms with Crippen molar-refractivity contribution in [3.63, 3.8) is 0 Å². The van der Waals surface area contributed by atoms with Gasteiger partial charge in [0.05, 0.1) is 5.56 Å². The first-order valence-corrected chi connectivity index (χ1v) is 13.3. The average molecular weight is 588 g/mol. The number of amides is 1. The molecule has 3 aromatic rings. The van der Waals surface area contributed by atoms with E-state index >= 15 is 4.39 Å². The van der Waals surface area contributed by atoms with Gasteiger partial charge in [-0.2, -0.15) is 13.2 Å². The molecule has 11 heteroatoms. The Kier molecular flexibility index (Phi) is 9.62. The molecule has 4 rings (SSSR count). The maximum atomic E-state index is 15.7. The summed E-state index contributed by atoms with van der Waals surface area (Å²) in [6.07, 6.45) is 0.463. The van der Waals surface area contributed by atoms with Crippen molar-refractivity contribution in [1.29, 1.82) is 0 Å². The molecule has 0 aliphatic heterocycles. The Morgan fingerprint density at radius 1 is 1.07 bits per heavy atom. The van der Waals surface area contributed by atoms with Crippen LogP contribution in [0.15, 0.2) is 60.8 Å². The molecule has 1 amide bonds. The molecule has 2 aromatic carbocycles. The fraction of sp³-hybridized carbons (Fsp3) is 0.290. The van der Waals surface area contributed by atoms with Crippen molar-refractivity contribution >= 4 is 17.1 Å². The quantitative estimate of drug-likeness (QED) is 0.183. The van der Waals surface area contributed by atoms with Crippen molar-refractivity contribution < 1.29 is 36.6 Å². The molecule has 1 aromatic heterocycles. The van der Waals surface area contributed by atoms with Gasteiger partial charge >= 0.3 is 6.18 Å². The minimum atomic E-state index is -4.85.